The Morgan fingerprint density at radius 2 is 2.08 bits per heavy atom. The standard InChI is InChI=1S/C12H23Br/c1-10(2)5-3-6-11-7-4-8-12(13)9-11/h10-12H,3-9H2,1-2H3. The summed E-state index contributed by atoms with van der Waals surface area (Å²) >= 11 is 3.75. The van der Waals surface area contributed by atoms with E-state index in [1.807, 2.05) is 0 Å². The van der Waals surface area contributed by atoms with Gasteiger partial charge in [-0.15, -0.1) is 0 Å². The first-order valence-corrected chi connectivity index (χ1v) is 6.74. The van der Waals surface area contributed by atoms with Crippen molar-refractivity contribution in [3.8, 4) is 0 Å². The highest BCUT2D eigenvalue weighted by atomic mass is 79.9. The molecule has 1 saturated carbocycles. The van der Waals surface area contributed by atoms with Gasteiger partial charge in [-0.2, -0.15) is 0 Å². The van der Waals surface area contributed by atoms with E-state index in [4.69, 9.17) is 0 Å². The van der Waals surface area contributed by atoms with Crippen LogP contribution in [0.25, 0.3) is 0 Å². The van der Waals surface area contributed by atoms with Gasteiger partial charge in [-0.25, -0.2) is 0 Å². The van der Waals surface area contributed by atoms with E-state index in [1.165, 1.54) is 44.9 Å². The summed E-state index contributed by atoms with van der Waals surface area (Å²) < 4.78 is 0. The van der Waals surface area contributed by atoms with Crippen molar-refractivity contribution < 1.29 is 0 Å². The Morgan fingerprint density at radius 3 is 2.69 bits per heavy atom. The van der Waals surface area contributed by atoms with Crippen molar-refractivity contribution in [2.45, 2.75) is 63.6 Å². The Labute approximate surface area is 91.6 Å². The van der Waals surface area contributed by atoms with E-state index in [-0.39, 0.29) is 0 Å². The molecule has 0 aromatic rings. The van der Waals surface area contributed by atoms with Gasteiger partial charge in [0.1, 0.15) is 0 Å². The monoisotopic (exact) mass is 246 g/mol. The Kier molecular flexibility index (Phi) is 5.38. The predicted molar refractivity (Wildman–Crippen MR) is 63.4 cm³/mol. The van der Waals surface area contributed by atoms with Crippen molar-refractivity contribution in [3.63, 3.8) is 0 Å². The summed E-state index contributed by atoms with van der Waals surface area (Å²) in [7, 11) is 0. The fourth-order valence-corrected chi connectivity index (χ4v) is 3.15. The van der Waals surface area contributed by atoms with Gasteiger partial charge >= 0.3 is 0 Å². The molecule has 1 heteroatoms. The Hall–Kier alpha value is 0.480. The Bertz CT molecular complexity index is 131. The molecule has 0 saturated heterocycles. The third-order valence-corrected chi connectivity index (χ3v) is 3.94. The van der Waals surface area contributed by atoms with Crippen LogP contribution >= 0.6 is 15.9 Å². The molecule has 0 N–H and O–H groups in total. The molecule has 0 nitrogen and oxygen atoms in total. The van der Waals surface area contributed by atoms with Gasteiger partial charge < -0.3 is 0 Å². The van der Waals surface area contributed by atoms with Crippen molar-refractivity contribution in [2.75, 3.05) is 0 Å². The van der Waals surface area contributed by atoms with Crippen LogP contribution in [0.2, 0.25) is 0 Å². The average molecular weight is 247 g/mol. The van der Waals surface area contributed by atoms with Gasteiger partial charge in [-0.05, 0) is 24.7 Å². The molecule has 0 bridgehead atoms. The van der Waals surface area contributed by atoms with E-state index in [0.717, 1.165) is 16.7 Å². The van der Waals surface area contributed by atoms with E-state index in [2.05, 4.69) is 29.8 Å². The van der Waals surface area contributed by atoms with Gasteiger partial charge in [-0.3, -0.25) is 0 Å². The lowest BCUT2D eigenvalue weighted by atomic mass is 9.85. The van der Waals surface area contributed by atoms with Crippen molar-refractivity contribution >= 4 is 15.9 Å². The first-order chi connectivity index (χ1) is 6.18. The summed E-state index contributed by atoms with van der Waals surface area (Å²) in [5.41, 5.74) is 0. The molecule has 0 heterocycles. The lowest BCUT2D eigenvalue weighted by Crippen LogP contribution is -2.15. The summed E-state index contributed by atoms with van der Waals surface area (Å²) in [6.07, 6.45) is 10.1. The van der Waals surface area contributed by atoms with Crippen LogP contribution in [0.15, 0.2) is 0 Å². The largest absolute Gasteiger partial charge is 0.0891 e. The molecular weight excluding hydrogens is 224 g/mol. The average Bonchev–Trinajstić information content (AvgIpc) is 2.03. The highest BCUT2D eigenvalue weighted by molar-refractivity contribution is 9.09. The topological polar surface area (TPSA) is 0 Å². The maximum Gasteiger partial charge on any atom is 0.0148 e. The molecule has 0 aliphatic heterocycles. The lowest BCUT2D eigenvalue weighted by Gasteiger charge is -2.25. The van der Waals surface area contributed by atoms with Crippen molar-refractivity contribution in [3.05, 3.63) is 0 Å². The molecule has 0 radical (unpaired) electrons. The Morgan fingerprint density at radius 1 is 1.31 bits per heavy atom. The predicted octanol–water partition coefficient (Wildman–Crippen LogP) is 4.77. The fourth-order valence-electron chi connectivity index (χ4n) is 2.30. The molecule has 1 aliphatic rings. The molecule has 0 spiro atoms. The SMILES string of the molecule is CC(C)CCCC1CCCC(Br)C1. The van der Waals surface area contributed by atoms with E-state index in [1.54, 1.807) is 0 Å². The van der Waals surface area contributed by atoms with Gasteiger partial charge in [0.25, 0.3) is 0 Å². The van der Waals surface area contributed by atoms with Crippen LogP contribution in [0.1, 0.15) is 58.8 Å². The van der Waals surface area contributed by atoms with Crippen LogP contribution in [0.5, 0.6) is 0 Å². The summed E-state index contributed by atoms with van der Waals surface area (Å²) in [6, 6.07) is 0. The van der Waals surface area contributed by atoms with E-state index < -0.39 is 0 Å². The smallest absolute Gasteiger partial charge is 0.0148 e. The van der Waals surface area contributed by atoms with E-state index >= 15 is 0 Å². The van der Waals surface area contributed by atoms with E-state index in [0.29, 0.717) is 0 Å². The molecule has 2 atom stereocenters. The molecule has 13 heavy (non-hydrogen) atoms. The second-order valence-corrected chi connectivity index (χ2v) is 6.25. The van der Waals surface area contributed by atoms with Crippen LogP contribution in [0.3, 0.4) is 0 Å². The van der Waals surface area contributed by atoms with Gasteiger partial charge in [0.05, 0.1) is 0 Å². The molecule has 1 fully saturated rings. The maximum absolute atomic E-state index is 3.75. The van der Waals surface area contributed by atoms with Crippen molar-refractivity contribution in [2.24, 2.45) is 11.8 Å². The quantitative estimate of drug-likeness (QED) is 0.628. The number of rotatable bonds is 4. The normalized spacial score (nSPS) is 29.5. The van der Waals surface area contributed by atoms with Crippen molar-refractivity contribution in [1.82, 2.24) is 0 Å². The fraction of sp³-hybridized carbons (Fsp3) is 1.00. The zero-order chi connectivity index (χ0) is 9.68. The molecule has 1 rings (SSSR count). The van der Waals surface area contributed by atoms with Gasteiger partial charge in [0, 0.05) is 4.83 Å². The molecule has 1 aliphatic carbocycles. The molecular formula is C12H23Br. The lowest BCUT2D eigenvalue weighted by molar-refractivity contribution is 0.332. The number of alkyl halides is 1. The van der Waals surface area contributed by atoms with Crippen LogP contribution < -0.4 is 0 Å². The minimum atomic E-state index is 0.824. The summed E-state index contributed by atoms with van der Waals surface area (Å²) in [5, 5.41) is 0. The van der Waals surface area contributed by atoms with E-state index in [9.17, 15) is 0 Å². The maximum atomic E-state index is 3.75. The molecule has 0 amide bonds. The number of halogens is 1. The molecule has 2 unspecified atom stereocenters. The third-order valence-electron chi connectivity index (χ3n) is 3.11. The van der Waals surface area contributed by atoms with Crippen molar-refractivity contribution in [1.29, 1.82) is 0 Å². The number of hydrogen-bond acceptors (Lipinski definition) is 0. The highest BCUT2D eigenvalue weighted by Crippen LogP contribution is 2.32. The van der Waals surface area contributed by atoms with Gasteiger partial charge in [0.15, 0.2) is 0 Å². The summed E-state index contributed by atoms with van der Waals surface area (Å²) in [4.78, 5) is 0.824. The first-order valence-electron chi connectivity index (χ1n) is 5.82. The van der Waals surface area contributed by atoms with Gasteiger partial charge in [0.2, 0.25) is 0 Å². The van der Waals surface area contributed by atoms with Crippen LogP contribution in [-0.4, -0.2) is 4.83 Å². The second kappa shape index (κ2) is 6.06. The minimum Gasteiger partial charge on any atom is -0.0891 e. The zero-order valence-corrected chi connectivity index (χ0v) is 10.6. The number of hydrogen-bond donors (Lipinski definition) is 0. The zero-order valence-electron chi connectivity index (χ0n) is 9.06. The minimum absolute atomic E-state index is 0.824. The highest BCUT2D eigenvalue weighted by Gasteiger charge is 2.19. The molecule has 0 aromatic heterocycles. The van der Waals surface area contributed by atoms with Gasteiger partial charge in [-0.1, -0.05) is 61.9 Å². The Balaban J connectivity index is 2.06. The molecule has 78 valence electrons. The summed E-state index contributed by atoms with van der Waals surface area (Å²) in [6.45, 7) is 4.66. The second-order valence-electron chi connectivity index (χ2n) is 4.95. The third kappa shape index (κ3) is 5.05. The van der Waals surface area contributed by atoms with Crippen LogP contribution in [-0.2, 0) is 0 Å². The first kappa shape index (κ1) is 11.6. The molecule has 0 aromatic carbocycles. The summed E-state index contributed by atoms with van der Waals surface area (Å²) in [5.74, 6) is 1.92. The van der Waals surface area contributed by atoms with Crippen LogP contribution in [0.4, 0.5) is 0 Å². The van der Waals surface area contributed by atoms with Crippen LogP contribution in [0, 0.1) is 11.8 Å².